The van der Waals surface area contributed by atoms with E-state index < -0.39 is 0 Å². The third kappa shape index (κ3) is 1.91. The second kappa shape index (κ2) is 3.34. The molecule has 0 radical (unpaired) electrons. The zero-order chi connectivity index (χ0) is 8.27. The molecule has 1 aromatic rings. The molecule has 0 bridgehead atoms. The average Bonchev–Trinajstić information content (AvgIpc) is 2.03. The lowest BCUT2D eigenvalue weighted by Crippen LogP contribution is -1.96. The Morgan fingerprint density at radius 3 is 3.00 bits per heavy atom. The van der Waals surface area contributed by atoms with Crippen molar-refractivity contribution in [2.24, 2.45) is 5.16 Å². The summed E-state index contributed by atoms with van der Waals surface area (Å²) in [5, 5.41) is 12.0. The van der Waals surface area contributed by atoms with Crippen LogP contribution < -0.4 is 0 Å². The summed E-state index contributed by atoms with van der Waals surface area (Å²) in [6.07, 6.45) is 1.56. The summed E-state index contributed by atoms with van der Waals surface area (Å²) in [7, 11) is 0. The van der Waals surface area contributed by atoms with Crippen molar-refractivity contribution in [2.75, 3.05) is 0 Å². The van der Waals surface area contributed by atoms with Gasteiger partial charge in [-0.3, -0.25) is 4.98 Å². The summed E-state index contributed by atoms with van der Waals surface area (Å²) >= 11 is 5.67. The van der Waals surface area contributed by atoms with E-state index in [1.54, 1.807) is 25.3 Å². The van der Waals surface area contributed by atoms with Gasteiger partial charge in [0.25, 0.3) is 0 Å². The van der Waals surface area contributed by atoms with Gasteiger partial charge in [-0.1, -0.05) is 16.8 Å². The van der Waals surface area contributed by atoms with E-state index in [1.807, 2.05) is 0 Å². The molecule has 0 fully saturated rings. The maximum absolute atomic E-state index is 8.38. The summed E-state index contributed by atoms with van der Waals surface area (Å²) in [6.45, 7) is 1.65. The minimum Gasteiger partial charge on any atom is -0.411 e. The molecular formula is C7H7ClN2O. The van der Waals surface area contributed by atoms with Crippen molar-refractivity contribution < 1.29 is 5.21 Å². The van der Waals surface area contributed by atoms with Gasteiger partial charge in [-0.2, -0.15) is 0 Å². The van der Waals surface area contributed by atoms with Crippen LogP contribution in [-0.2, 0) is 0 Å². The van der Waals surface area contributed by atoms with Gasteiger partial charge in [0.2, 0.25) is 0 Å². The molecule has 4 heteroatoms. The molecule has 1 heterocycles. The zero-order valence-electron chi connectivity index (χ0n) is 5.95. The smallest absolute Gasteiger partial charge is 0.102 e. The topological polar surface area (TPSA) is 45.5 Å². The van der Waals surface area contributed by atoms with Crippen LogP contribution in [-0.4, -0.2) is 15.9 Å². The number of pyridine rings is 1. The fourth-order valence-electron chi connectivity index (χ4n) is 0.654. The van der Waals surface area contributed by atoms with Crippen molar-refractivity contribution >= 4 is 17.3 Å². The standard InChI is InChI=1S/C7H7ClN2O/c1-5(10-11)7-4-6(8)2-3-9-7/h2-4,11H,1H3. The Balaban J connectivity index is 3.06. The molecule has 0 aromatic carbocycles. The highest BCUT2D eigenvalue weighted by Crippen LogP contribution is 2.08. The van der Waals surface area contributed by atoms with Crippen LogP contribution in [0.5, 0.6) is 0 Å². The fraction of sp³-hybridized carbons (Fsp3) is 0.143. The second-order valence-corrected chi connectivity index (χ2v) is 2.48. The van der Waals surface area contributed by atoms with Crippen molar-refractivity contribution in [3.8, 4) is 0 Å². The third-order valence-corrected chi connectivity index (χ3v) is 1.48. The first kappa shape index (κ1) is 8.01. The lowest BCUT2D eigenvalue weighted by molar-refractivity contribution is 0.319. The predicted octanol–water partition coefficient (Wildman–Crippen LogP) is 1.93. The Labute approximate surface area is 69.3 Å². The van der Waals surface area contributed by atoms with E-state index in [4.69, 9.17) is 16.8 Å². The van der Waals surface area contributed by atoms with Gasteiger partial charge in [0.05, 0.1) is 5.69 Å². The number of hydrogen-bond acceptors (Lipinski definition) is 3. The molecule has 0 aliphatic heterocycles. The molecular weight excluding hydrogens is 164 g/mol. The predicted molar refractivity (Wildman–Crippen MR) is 43.2 cm³/mol. The van der Waals surface area contributed by atoms with E-state index in [2.05, 4.69) is 10.1 Å². The lowest BCUT2D eigenvalue weighted by atomic mass is 10.3. The molecule has 0 saturated heterocycles. The number of oxime groups is 1. The van der Waals surface area contributed by atoms with E-state index >= 15 is 0 Å². The van der Waals surface area contributed by atoms with E-state index in [0.717, 1.165) is 0 Å². The van der Waals surface area contributed by atoms with Crippen molar-refractivity contribution in [1.29, 1.82) is 0 Å². The van der Waals surface area contributed by atoms with E-state index in [0.29, 0.717) is 16.4 Å². The summed E-state index contributed by atoms with van der Waals surface area (Å²) in [5.41, 5.74) is 1.03. The fourth-order valence-corrected chi connectivity index (χ4v) is 0.814. The maximum atomic E-state index is 8.38. The van der Waals surface area contributed by atoms with E-state index in [-0.39, 0.29) is 0 Å². The molecule has 0 saturated carbocycles. The Kier molecular flexibility index (Phi) is 2.44. The first-order valence-electron chi connectivity index (χ1n) is 3.04. The van der Waals surface area contributed by atoms with Gasteiger partial charge in [-0.25, -0.2) is 0 Å². The molecule has 0 unspecified atom stereocenters. The molecule has 0 amide bonds. The van der Waals surface area contributed by atoms with Gasteiger partial charge < -0.3 is 5.21 Å². The van der Waals surface area contributed by atoms with Gasteiger partial charge in [0, 0.05) is 11.2 Å². The van der Waals surface area contributed by atoms with Crippen LogP contribution in [0.2, 0.25) is 5.02 Å². The van der Waals surface area contributed by atoms with Crippen LogP contribution in [0, 0.1) is 0 Å². The summed E-state index contributed by atoms with van der Waals surface area (Å²) in [5.74, 6) is 0. The molecule has 0 spiro atoms. The molecule has 0 aliphatic rings. The largest absolute Gasteiger partial charge is 0.411 e. The third-order valence-electron chi connectivity index (χ3n) is 1.24. The van der Waals surface area contributed by atoms with Gasteiger partial charge >= 0.3 is 0 Å². The number of halogens is 1. The Morgan fingerprint density at radius 1 is 1.73 bits per heavy atom. The highest BCUT2D eigenvalue weighted by Gasteiger charge is 1.98. The first-order valence-corrected chi connectivity index (χ1v) is 3.42. The molecule has 1 N–H and O–H groups in total. The van der Waals surface area contributed by atoms with Crippen molar-refractivity contribution in [3.05, 3.63) is 29.0 Å². The minimum absolute atomic E-state index is 0.451. The molecule has 58 valence electrons. The van der Waals surface area contributed by atoms with Gasteiger partial charge in [-0.15, -0.1) is 0 Å². The monoisotopic (exact) mass is 170 g/mol. The number of hydrogen-bond donors (Lipinski definition) is 1. The van der Waals surface area contributed by atoms with Crippen molar-refractivity contribution in [1.82, 2.24) is 4.98 Å². The normalized spacial score (nSPS) is 11.6. The molecule has 0 atom stereocenters. The molecule has 1 aromatic heterocycles. The molecule has 11 heavy (non-hydrogen) atoms. The average molecular weight is 171 g/mol. The van der Waals surface area contributed by atoms with Crippen LogP contribution in [0.1, 0.15) is 12.6 Å². The zero-order valence-corrected chi connectivity index (χ0v) is 6.71. The Hall–Kier alpha value is -1.09. The minimum atomic E-state index is 0.451. The highest BCUT2D eigenvalue weighted by molar-refractivity contribution is 6.30. The van der Waals surface area contributed by atoms with E-state index in [9.17, 15) is 0 Å². The van der Waals surface area contributed by atoms with Crippen LogP contribution >= 0.6 is 11.6 Å². The number of aromatic nitrogens is 1. The number of nitrogens with zero attached hydrogens (tertiary/aromatic N) is 2. The number of rotatable bonds is 1. The van der Waals surface area contributed by atoms with Gasteiger partial charge in [0.15, 0.2) is 0 Å². The Bertz CT molecular complexity index is 286. The summed E-state index contributed by atoms with van der Waals surface area (Å²) in [6, 6.07) is 3.30. The summed E-state index contributed by atoms with van der Waals surface area (Å²) < 4.78 is 0. The molecule has 1 rings (SSSR count). The quantitative estimate of drug-likeness (QED) is 0.398. The Morgan fingerprint density at radius 2 is 2.45 bits per heavy atom. The van der Waals surface area contributed by atoms with Crippen LogP contribution in [0.4, 0.5) is 0 Å². The van der Waals surface area contributed by atoms with E-state index in [1.165, 1.54) is 0 Å². The van der Waals surface area contributed by atoms with Crippen LogP contribution in [0.25, 0.3) is 0 Å². The van der Waals surface area contributed by atoms with Crippen molar-refractivity contribution in [3.63, 3.8) is 0 Å². The molecule has 3 nitrogen and oxygen atoms in total. The maximum Gasteiger partial charge on any atom is 0.102 e. The molecule has 0 aliphatic carbocycles. The van der Waals surface area contributed by atoms with Crippen molar-refractivity contribution in [2.45, 2.75) is 6.92 Å². The highest BCUT2D eigenvalue weighted by atomic mass is 35.5. The van der Waals surface area contributed by atoms with Crippen LogP contribution in [0.15, 0.2) is 23.5 Å². The van der Waals surface area contributed by atoms with Crippen LogP contribution in [0.3, 0.4) is 0 Å². The lowest BCUT2D eigenvalue weighted by Gasteiger charge is -1.95. The van der Waals surface area contributed by atoms with Gasteiger partial charge in [-0.05, 0) is 19.1 Å². The SMILES string of the molecule is CC(=NO)c1cc(Cl)ccn1. The summed E-state index contributed by atoms with van der Waals surface area (Å²) in [4.78, 5) is 3.94. The second-order valence-electron chi connectivity index (χ2n) is 2.04. The first-order chi connectivity index (χ1) is 5.24. The van der Waals surface area contributed by atoms with Gasteiger partial charge in [0.1, 0.15) is 5.71 Å².